The summed E-state index contributed by atoms with van der Waals surface area (Å²) in [7, 11) is 1.76. The maximum absolute atomic E-state index is 12.1. The molecule has 1 heterocycles. The number of carbonyl (C=O) groups excluding carboxylic acids is 1. The van der Waals surface area contributed by atoms with Crippen LogP contribution in [0.25, 0.3) is 0 Å². The Morgan fingerprint density at radius 1 is 1.21 bits per heavy atom. The summed E-state index contributed by atoms with van der Waals surface area (Å²) >= 11 is 3.40. The first kappa shape index (κ1) is 17.0. The van der Waals surface area contributed by atoms with Crippen LogP contribution in [0.5, 0.6) is 0 Å². The summed E-state index contributed by atoms with van der Waals surface area (Å²) in [6, 6.07) is 15.8. The highest BCUT2D eigenvalue weighted by Crippen LogP contribution is 2.23. The lowest BCUT2D eigenvalue weighted by molar-refractivity contribution is -0.115. The van der Waals surface area contributed by atoms with E-state index in [1.165, 1.54) is 5.69 Å². The van der Waals surface area contributed by atoms with Crippen molar-refractivity contribution < 1.29 is 9.53 Å². The van der Waals surface area contributed by atoms with Crippen molar-refractivity contribution in [3.05, 3.63) is 58.6 Å². The van der Waals surface area contributed by atoms with E-state index in [4.69, 9.17) is 4.74 Å². The predicted octanol–water partition coefficient (Wildman–Crippen LogP) is 3.86. The molecule has 126 valence electrons. The van der Waals surface area contributed by atoms with E-state index in [2.05, 4.69) is 26.1 Å². The number of carbonyl (C=O) groups is 1. The standard InChI is InChI=1S/C19H21BrN2O2/c1-24-18-10-11-22(13-18)17-8-6-16(7-9-17)21-19(23)12-14-2-4-15(20)5-3-14/h2-9,18H,10-13H2,1H3,(H,21,23)/t18-/m1/s1. The Hall–Kier alpha value is -1.85. The van der Waals surface area contributed by atoms with E-state index >= 15 is 0 Å². The van der Waals surface area contributed by atoms with E-state index in [-0.39, 0.29) is 5.91 Å². The molecular weight excluding hydrogens is 368 g/mol. The van der Waals surface area contributed by atoms with Gasteiger partial charge in [0, 0.05) is 36.0 Å². The predicted molar refractivity (Wildman–Crippen MR) is 101 cm³/mol. The molecule has 0 bridgehead atoms. The van der Waals surface area contributed by atoms with E-state index in [0.29, 0.717) is 12.5 Å². The molecule has 1 N–H and O–H groups in total. The summed E-state index contributed by atoms with van der Waals surface area (Å²) in [5.41, 5.74) is 2.99. The molecule has 0 aromatic heterocycles. The van der Waals surface area contributed by atoms with Crippen LogP contribution in [0.2, 0.25) is 0 Å². The minimum atomic E-state index is -0.00862. The van der Waals surface area contributed by atoms with Crippen LogP contribution in [0.3, 0.4) is 0 Å². The fourth-order valence-electron chi connectivity index (χ4n) is 2.90. The second-order valence-electron chi connectivity index (χ2n) is 5.99. The van der Waals surface area contributed by atoms with Gasteiger partial charge in [0.25, 0.3) is 0 Å². The molecule has 0 saturated carbocycles. The van der Waals surface area contributed by atoms with Gasteiger partial charge in [0.2, 0.25) is 5.91 Å². The monoisotopic (exact) mass is 388 g/mol. The number of nitrogens with one attached hydrogen (secondary N) is 1. The van der Waals surface area contributed by atoms with Crippen molar-refractivity contribution in [1.29, 1.82) is 0 Å². The number of rotatable bonds is 5. The van der Waals surface area contributed by atoms with E-state index in [9.17, 15) is 4.79 Å². The molecule has 1 aliphatic heterocycles. The molecule has 1 atom stereocenters. The summed E-state index contributed by atoms with van der Waals surface area (Å²) in [6.07, 6.45) is 1.74. The minimum absolute atomic E-state index is 0.00862. The van der Waals surface area contributed by atoms with Gasteiger partial charge in [-0.15, -0.1) is 0 Å². The fraction of sp³-hybridized carbons (Fsp3) is 0.316. The fourth-order valence-corrected chi connectivity index (χ4v) is 3.17. The third kappa shape index (κ3) is 4.36. The second-order valence-corrected chi connectivity index (χ2v) is 6.91. The molecule has 0 aliphatic carbocycles. The van der Waals surface area contributed by atoms with Crippen LogP contribution in [-0.4, -0.2) is 32.2 Å². The average Bonchev–Trinajstić information content (AvgIpc) is 3.07. The molecule has 2 aromatic rings. The van der Waals surface area contributed by atoms with Crippen molar-refractivity contribution in [3.8, 4) is 0 Å². The third-order valence-electron chi connectivity index (χ3n) is 4.27. The van der Waals surface area contributed by atoms with Gasteiger partial charge in [-0.3, -0.25) is 4.79 Å². The van der Waals surface area contributed by atoms with Crippen LogP contribution in [-0.2, 0) is 16.0 Å². The molecular formula is C19H21BrN2O2. The summed E-state index contributed by atoms with van der Waals surface area (Å²) in [6.45, 7) is 1.93. The molecule has 1 amide bonds. The van der Waals surface area contributed by atoms with Gasteiger partial charge in [0.15, 0.2) is 0 Å². The molecule has 1 aliphatic rings. The van der Waals surface area contributed by atoms with Gasteiger partial charge in [0.05, 0.1) is 12.5 Å². The van der Waals surface area contributed by atoms with Crippen molar-refractivity contribution in [2.45, 2.75) is 18.9 Å². The van der Waals surface area contributed by atoms with Crippen LogP contribution >= 0.6 is 15.9 Å². The highest BCUT2D eigenvalue weighted by molar-refractivity contribution is 9.10. The number of ether oxygens (including phenoxy) is 1. The largest absolute Gasteiger partial charge is 0.380 e. The van der Waals surface area contributed by atoms with Crippen LogP contribution in [0, 0.1) is 0 Å². The maximum Gasteiger partial charge on any atom is 0.228 e. The summed E-state index contributed by atoms with van der Waals surface area (Å²) in [4.78, 5) is 14.4. The third-order valence-corrected chi connectivity index (χ3v) is 4.80. The molecule has 0 spiro atoms. The van der Waals surface area contributed by atoms with E-state index in [1.54, 1.807) is 7.11 Å². The summed E-state index contributed by atoms with van der Waals surface area (Å²) in [5.74, 6) is -0.00862. The maximum atomic E-state index is 12.1. The Balaban J connectivity index is 1.56. The second kappa shape index (κ2) is 7.81. The normalized spacial score (nSPS) is 17.1. The van der Waals surface area contributed by atoms with Crippen LogP contribution in [0.4, 0.5) is 11.4 Å². The number of hydrogen-bond donors (Lipinski definition) is 1. The van der Waals surface area contributed by atoms with E-state index in [1.807, 2.05) is 48.5 Å². The topological polar surface area (TPSA) is 41.6 Å². The van der Waals surface area contributed by atoms with Crippen LogP contribution in [0.15, 0.2) is 53.0 Å². The molecule has 24 heavy (non-hydrogen) atoms. The van der Waals surface area contributed by atoms with Gasteiger partial charge in [0.1, 0.15) is 0 Å². The summed E-state index contributed by atoms with van der Waals surface area (Å²) in [5, 5.41) is 2.95. The highest BCUT2D eigenvalue weighted by atomic mass is 79.9. The first-order valence-electron chi connectivity index (χ1n) is 8.06. The number of halogens is 1. The first-order valence-corrected chi connectivity index (χ1v) is 8.85. The van der Waals surface area contributed by atoms with Crippen molar-refractivity contribution in [1.82, 2.24) is 0 Å². The zero-order chi connectivity index (χ0) is 16.9. The molecule has 1 fully saturated rings. The lowest BCUT2D eigenvalue weighted by atomic mass is 10.1. The zero-order valence-electron chi connectivity index (χ0n) is 13.7. The number of anilines is 2. The Labute approximate surface area is 150 Å². The number of nitrogens with zero attached hydrogens (tertiary/aromatic N) is 1. The molecule has 1 saturated heterocycles. The van der Waals surface area contributed by atoms with E-state index in [0.717, 1.165) is 35.2 Å². The van der Waals surface area contributed by atoms with Crippen molar-refractivity contribution in [3.63, 3.8) is 0 Å². The molecule has 4 nitrogen and oxygen atoms in total. The number of benzene rings is 2. The van der Waals surface area contributed by atoms with Crippen LogP contribution in [0.1, 0.15) is 12.0 Å². The molecule has 0 unspecified atom stereocenters. The Kier molecular flexibility index (Phi) is 5.53. The van der Waals surface area contributed by atoms with Gasteiger partial charge in [-0.25, -0.2) is 0 Å². The molecule has 2 aromatic carbocycles. The van der Waals surface area contributed by atoms with E-state index < -0.39 is 0 Å². The lowest BCUT2D eigenvalue weighted by Gasteiger charge is -2.18. The molecule has 5 heteroatoms. The van der Waals surface area contributed by atoms with Gasteiger partial charge in [-0.05, 0) is 48.4 Å². The van der Waals surface area contributed by atoms with Crippen LogP contribution < -0.4 is 10.2 Å². The molecule has 0 radical (unpaired) electrons. The van der Waals surface area contributed by atoms with Gasteiger partial charge >= 0.3 is 0 Å². The van der Waals surface area contributed by atoms with Crippen molar-refractivity contribution >= 4 is 33.2 Å². The lowest BCUT2D eigenvalue weighted by Crippen LogP contribution is -2.22. The number of methoxy groups -OCH3 is 1. The van der Waals surface area contributed by atoms with Crippen molar-refractivity contribution in [2.75, 3.05) is 30.4 Å². The smallest absolute Gasteiger partial charge is 0.228 e. The highest BCUT2D eigenvalue weighted by Gasteiger charge is 2.22. The molecule has 3 rings (SSSR count). The zero-order valence-corrected chi connectivity index (χ0v) is 15.3. The minimum Gasteiger partial charge on any atom is -0.380 e. The summed E-state index contributed by atoms with van der Waals surface area (Å²) < 4.78 is 6.42. The average molecular weight is 389 g/mol. The SMILES string of the molecule is CO[C@@H]1CCN(c2ccc(NC(=O)Cc3ccc(Br)cc3)cc2)C1. The van der Waals surface area contributed by atoms with Gasteiger partial charge < -0.3 is 15.0 Å². The van der Waals surface area contributed by atoms with Crippen molar-refractivity contribution in [2.24, 2.45) is 0 Å². The van der Waals surface area contributed by atoms with Gasteiger partial charge in [-0.1, -0.05) is 28.1 Å². The quantitative estimate of drug-likeness (QED) is 0.845. The Bertz CT molecular complexity index is 686. The number of amides is 1. The first-order chi connectivity index (χ1) is 11.6. The van der Waals surface area contributed by atoms with Gasteiger partial charge in [-0.2, -0.15) is 0 Å². The number of hydrogen-bond acceptors (Lipinski definition) is 3. The Morgan fingerprint density at radius 3 is 2.54 bits per heavy atom. The Morgan fingerprint density at radius 2 is 1.92 bits per heavy atom.